The SMILES string of the molecule is CC(=O)C1CCC2NC=C(NCCCC3=CCCC=C3)C(=O)N21.CC(C)C(C)(C)C. The summed E-state index contributed by atoms with van der Waals surface area (Å²) in [6.45, 7) is 13.6. The van der Waals surface area contributed by atoms with Gasteiger partial charge in [0, 0.05) is 12.7 Å². The highest BCUT2D eigenvalue weighted by molar-refractivity contribution is 5.97. The van der Waals surface area contributed by atoms with Gasteiger partial charge in [-0.2, -0.15) is 0 Å². The van der Waals surface area contributed by atoms with Crippen molar-refractivity contribution in [3.63, 3.8) is 0 Å². The quantitative estimate of drug-likeness (QED) is 0.619. The number of allylic oxidation sites excluding steroid dienone is 4. The summed E-state index contributed by atoms with van der Waals surface area (Å²) in [5, 5.41) is 6.47. The summed E-state index contributed by atoms with van der Waals surface area (Å²) in [5.74, 6) is 0.815. The van der Waals surface area contributed by atoms with Gasteiger partial charge in [0.25, 0.3) is 5.91 Å². The van der Waals surface area contributed by atoms with Crippen molar-refractivity contribution in [1.82, 2.24) is 15.5 Å². The molecule has 168 valence electrons. The molecule has 2 unspecified atom stereocenters. The van der Waals surface area contributed by atoms with Gasteiger partial charge in [0.2, 0.25) is 0 Å². The molecule has 0 aromatic heterocycles. The van der Waals surface area contributed by atoms with E-state index in [0.717, 1.165) is 51.0 Å². The van der Waals surface area contributed by atoms with Crippen molar-refractivity contribution in [2.75, 3.05) is 6.54 Å². The molecule has 2 aliphatic heterocycles. The van der Waals surface area contributed by atoms with Crippen LogP contribution in [0.5, 0.6) is 0 Å². The van der Waals surface area contributed by atoms with Crippen molar-refractivity contribution >= 4 is 11.7 Å². The molecule has 0 radical (unpaired) electrons. The van der Waals surface area contributed by atoms with Gasteiger partial charge in [-0.25, -0.2) is 0 Å². The summed E-state index contributed by atoms with van der Waals surface area (Å²) in [7, 11) is 0. The van der Waals surface area contributed by atoms with Gasteiger partial charge in [-0.3, -0.25) is 9.59 Å². The second-order valence-electron chi connectivity index (χ2n) is 9.97. The number of rotatable bonds is 6. The van der Waals surface area contributed by atoms with E-state index in [1.807, 2.05) is 0 Å². The number of hydrogen-bond acceptors (Lipinski definition) is 4. The Morgan fingerprint density at radius 2 is 1.97 bits per heavy atom. The van der Waals surface area contributed by atoms with Crippen molar-refractivity contribution < 1.29 is 9.59 Å². The Morgan fingerprint density at radius 3 is 2.53 bits per heavy atom. The van der Waals surface area contributed by atoms with Crippen LogP contribution >= 0.6 is 0 Å². The monoisotopic (exact) mass is 415 g/mol. The van der Waals surface area contributed by atoms with E-state index in [4.69, 9.17) is 0 Å². The molecule has 1 saturated heterocycles. The Labute approximate surface area is 183 Å². The van der Waals surface area contributed by atoms with Crippen LogP contribution in [0.2, 0.25) is 0 Å². The van der Waals surface area contributed by atoms with E-state index in [9.17, 15) is 9.59 Å². The fraction of sp³-hybridized carbons (Fsp3) is 0.680. The third-order valence-electron chi connectivity index (χ3n) is 6.50. The molecule has 2 atom stereocenters. The lowest BCUT2D eigenvalue weighted by Gasteiger charge is -2.34. The predicted octanol–water partition coefficient (Wildman–Crippen LogP) is 4.67. The van der Waals surface area contributed by atoms with E-state index >= 15 is 0 Å². The van der Waals surface area contributed by atoms with Crippen LogP contribution < -0.4 is 10.6 Å². The molecule has 3 aliphatic rings. The molecular formula is C25H41N3O2. The molecule has 1 aliphatic carbocycles. The molecule has 30 heavy (non-hydrogen) atoms. The highest BCUT2D eigenvalue weighted by Crippen LogP contribution is 2.27. The van der Waals surface area contributed by atoms with Crippen molar-refractivity contribution in [1.29, 1.82) is 0 Å². The van der Waals surface area contributed by atoms with Gasteiger partial charge in [0.05, 0.1) is 6.04 Å². The molecule has 0 bridgehead atoms. The molecule has 0 saturated carbocycles. The molecule has 1 amide bonds. The zero-order valence-corrected chi connectivity index (χ0v) is 19.8. The second-order valence-corrected chi connectivity index (χ2v) is 9.97. The van der Waals surface area contributed by atoms with Crippen LogP contribution in [0.4, 0.5) is 0 Å². The summed E-state index contributed by atoms with van der Waals surface area (Å²) in [5.41, 5.74) is 2.46. The van der Waals surface area contributed by atoms with E-state index in [-0.39, 0.29) is 23.9 Å². The summed E-state index contributed by atoms with van der Waals surface area (Å²) in [4.78, 5) is 26.0. The minimum absolute atomic E-state index is 0.0283. The lowest BCUT2D eigenvalue weighted by atomic mass is 9.84. The fourth-order valence-corrected chi connectivity index (χ4v) is 3.53. The Hall–Kier alpha value is -2.04. The first-order chi connectivity index (χ1) is 14.1. The van der Waals surface area contributed by atoms with Gasteiger partial charge < -0.3 is 15.5 Å². The number of ketones is 1. The van der Waals surface area contributed by atoms with E-state index < -0.39 is 0 Å². The standard InChI is InChI=1S/C18H25N3O2.C7H16/c1-13(22)16-9-10-17-20-12-15(18(23)21(16)17)19-11-5-8-14-6-3-2-4-7-14;1-6(2)7(3,4)5/h3,6-7,12,16-17,19-20H,2,4-5,8-11H2,1H3;6H,1-5H3. The maximum absolute atomic E-state index is 12.6. The Kier molecular flexibility index (Phi) is 8.75. The van der Waals surface area contributed by atoms with E-state index in [1.54, 1.807) is 18.0 Å². The van der Waals surface area contributed by atoms with Crippen molar-refractivity contribution in [2.24, 2.45) is 11.3 Å². The first-order valence-electron chi connectivity index (χ1n) is 11.5. The molecule has 3 rings (SSSR count). The average molecular weight is 416 g/mol. The normalized spacial score (nSPS) is 23.2. The summed E-state index contributed by atoms with van der Waals surface area (Å²) >= 11 is 0. The topological polar surface area (TPSA) is 61.4 Å². The number of carbonyl (C=O) groups excluding carboxylic acids is 2. The molecule has 0 aromatic carbocycles. The van der Waals surface area contributed by atoms with E-state index in [1.165, 1.54) is 5.57 Å². The van der Waals surface area contributed by atoms with Crippen LogP contribution in [-0.2, 0) is 9.59 Å². The molecule has 5 nitrogen and oxygen atoms in total. The third-order valence-corrected chi connectivity index (χ3v) is 6.50. The van der Waals surface area contributed by atoms with Crippen LogP contribution in [0, 0.1) is 11.3 Å². The first-order valence-corrected chi connectivity index (χ1v) is 11.5. The Balaban J connectivity index is 0.000000396. The average Bonchev–Trinajstić information content (AvgIpc) is 3.12. The maximum atomic E-state index is 12.6. The van der Waals surface area contributed by atoms with Crippen molar-refractivity contribution in [3.05, 3.63) is 35.7 Å². The van der Waals surface area contributed by atoms with Gasteiger partial charge in [0.1, 0.15) is 11.9 Å². The van der Waals surface area contributed by atoms with Gasteiger partial charge in [0.15, 0.2) is 5.78 Å². The Bertz CT molecular complexity index is 698. The van der Waals surface area contributed by atoms with Crippen LogP contribution in [0.3, 0.4) is 0 Å². The number of nitrogens with zero attached hydrogens (tertiary/aromatic N) is 1. The van der Waals surface area contributed by atoms with Gasteiger partial charge in [-0.1, -0.05) is 58.4 Å². The van der Waals surface area contributed by atoms with Gasteiger partial charge in [-0.05, 0) is 56.8 Å². The molecule has 2 heterocycles. The number of Topliss-reactive ketones (excluding diaryl/α,β-unsaturated/α-hetero) is 1. The van der Waals surface area contributed by atoms with Crippen LogP contribution in [0.1, 0.15) is 80.1 Å². The number of amides is 1. The van der Waals surface area contributed by atoms with Gasteiger partial charge in [-0.15, -0.1) is 0 Å². The summed E-state index contributed by atoms with van der Waals surface area (Å²) in [6.07, 6.45) is 14.3. The smallest absolute Gasteiger partial charge is 0.273 e. The minimum atomic E-state index is -0.275. The van der Waals surface area contributed by atoms with Crippen LogP contribution in [0.25, 0.3) is 0 Å². The number of nitrogens with one attached hydrogen (secondary N) is 2. The van der Waals surface area contributed by atoms with E-state index in [2.05, 4.69) is 63.5 Å². The second kappa shape index (κ2) is 10.8. The number of hydrogen-bond donors (Lipinski definition) is 2. The molecule has 0 spiro atoms. The molecule has 0 aromatic rings. The lowest BCUT2D eigenvalue weighted by Crippen LogP contribution is -2.54. The zero-order valence-electron chi connectivity index (χ0n) is 19.8. The number of fused-ring (bicyclic) bond motifs is 1. The van der Waals surface area contributed by atoms with Crippen LogP contribution in [-0.4, -0.2) is 35.3 Å². The number of carbonyl (C=O) groups is 2. The van der Waals surface area contributed by atoms with Crippen molar-refractivity contribution in [3.8, 4) is 0 Å². The Morgan fingerprint density at radius 1 is 1.27 bits per heavy atom. The largest absolute Gasteiger partial charge is 0.379 e. The fourth-order valence-electron chi connectivity index (χ4n) is 3.53. The molecule has 1 fully saturated rings. The lowest BCUT2D eigenvalue weighted by molar-refractivity contribution is -0.137. The summed E-state index contributed by atoms with van der Waals surface area (Å²) < 4.78 is 0. The molecule has 2 N–H and O–H groups in total. The van der Waals surface area contributed by atoms with Gasteiger partial charge >= 0.3 is 0 Å². The highest BCUT2D eigenvalue weighted by atomic mass is 16.2. The van der Waals surface area contributed by atoms with Crippen molar-refractivity contribution in [2.45, 2.75) is 92.3 Å². The van der Waals surface area contributed by atoms with E-state index in [0.29, 0.717) is 11.1 Å². The minimum Gasteiger partial charge on any atom is -0.379 e. The molecule has 5 heteroatoms. The predicted molar refractivity (Wildman–Crippen MR) is 124 cm³/mol. The first kappa shape index (κ1) is 24.2. The summed E-state index contributed by atoms with van der Waals surface area (Å²) in [6, 6.07) is -0.275. The third kappa shape index (κ3) is 6.75. The highest BCUT2D eigenvalue weighted by Gasteiger charge is 2.42. The molecular weight excluding hydrogens is 374 g/mol. The maximum Gasteiger partial charge on any atom is 0.273 e. The van der Waals surface area contributed by atoms with Crippen LogP contribution in [0.15, 0.2) is 35.7 Å². The zero-order chi connectivity index (χ0) is 22.3.